The second-order valence-corrected chi connectivity index (χ2v) is 9.41. The summed E-state index contributed by atoms with van der Waals surface area (Å²) >= 11 is 7.23. The lowest BCUT2D eigenvalue weighted by molar-refractivity contribution is -0.149. The monoisotopic (exact) mass is 487 g/mol. The first-order valence-electron chi connectivity index (χ1n) is 10.6. The Hall–Kier alpha value is -2.97. The third-order valence-electron chi connectivity index (χ3n) is 5.80. The third-order valence-corrected chi connectivity index (χ3v) is 7.29. The molecule has 172 valence electrons. The highest BCUT2D eigenvalue weighted by Gasteiger charge is 2.44. The SMILES string of the molecule is COC(=O)C1(c2ncc(-c3ccc(NC(=O)Nc4ccc(Cl)cc4F)cc3)s2)CCCCC1. The van der Waals surface area contributed by atoms with Gasteiger partial charge < -0.3 is 15.4 Å². The van der Waals surface area contributed by atoms with Gasteiger partial charge >= 0.3 is 12.0 Å². The summed E-state index contributed by atoms with van der Waals surface area (Å²) in [5.74, 6) is -0.831. The molecule has 0 unspecified atom stereocenters. The fourth-order valence-electron chi connectivity index (χ4n) is 4.08. The molecule has 2 amide bonds. The van der Waals surface area contributed by atoms with Crippen molar-refractivity contribution < 1.29 is 18.7 Å². The van der Waals surface area contributed by atoms with Gasteiger partial charge in [0.25, 0.3) is 0 Å². The summed E-state index contributed by atoms with van der Waals surface area (Å²) in [5.41, 5.74) is 0.845. The summed E-state index contributed by atoms with van der Waals surface area (Å²) in [6, 6.07) is 10.7. The van der Waals surface area contributed by atoms with Crippen molar-refractivity contribution in [3.05, 3.63) is 64.5 Å². The maximum absolute atomic E-state index is 13.9. The Morgan fingerprint density at radius 3 is 2.48 bits per heavy atom. The number of aromatic nitrogens is 1. The number of urea groups is 1. The number of halogens is 2. The van der Waals surface area contributed by atoms with Gasteiger partial charge in [0.1, 0.15) is 16.2 Å². The van der Waals surface area contributed by atoms with E-state index < -0.39 is 17.3 Å². The second-order valence-electron chi connectivity index (χ2n) is 7.94. The molecule has 0 saturated heterocycles. The van der Waals surface area contributed by atoms with Crippen molar-refractivity contribution in [1.82, 2.24) is 4.98 Å². The van der Waals surface area contributed by atoms with Crippen LogP contribution < -0.4 is 10.6 Å². The Balaban J connectivity index is 1.46. The van der Waals surface area contributed by atoms with Gasteiger partial charge in [-0.05, 0) is 48.7 Å². The van der Waals surface area contributed by atoms with Crippen molar-refractivity contribution in [2.45, 2.75) is 37.5 Å². The average molecular weight is 488 g/mol. The molecule has 1 saturated carbocycles. The zero-order valence-corrected chi connectivity index (χ0v) is 19.6. The minimum absolute atomic E-state index is 0.0351. The molecule has 1 aliphatic carbocycles. The Labute approximate surface area is 200 Å². The highest BCUT2D eigenvalue weighted by atomic mass is 35.5. The first-order chi connectivity index (χ1) is 15.9. The zero-order valence-electron chi connectivity index (χ0n) is 18.0. The minimum atomic E-state index is -0.660. The fraction of sp³-hybridized carbons (Fsp3) is 0.292. The third kappa shape index (κ3) is 5.02. The van der Waals surface area contributed by atoms with Crippen LogP contribution in [0.5, 0.6) is 0 Å². The smallest absolute Gasteiger partial charge is 0.323 e. The number of rotatable bonds is 5. The number of carbonyl (C=O) groups excluding carboxylic acids is 2. The van der Waals surface area contributed by atoms with Gasteiger partial charge in [-0.25, -0.2) is 14.2 Å². The molecule has 9 heteroatoms. The van der Waals surface area contributed by atoms with E-state index in [1.807, 2.05) is 12.1 Å². The minimum Gasteiger partial charge on any atom is -0.468 e. The number of esters is 1. The summed E-state index contributed by atoms with van der Waals surface area (Å²) in [5, 5.41) is 6.17. The molecule has 2 aromatic carbocycles. The van der Waals surface area contributed by atoms with Crippen LogP contribution in [0.1, 0.15) is 37.1 Å². The Morgan fingerprint density at radius 2 is 1.82 bits per heavy atom. The number of amides is 2. The van der Waals surface area contributed by atoms with Crippen LogP contribution in [-0.4, -0.2) is 24.1 Å². The van der Waals surface area contributed by atoms with Gasteiger partial charge in [0.15, 0.2) is 0 Å². The fourth-order valence-corrected chi connectivity index (χ4v) is 5.39. The Bertz CT molecular complexity index is 1160. The molecule has 0 atom stereocenters. The molecule has 1 heterocycles. The number of ether oxygens (including phenoxy) is 1. The van der Waals surface area contributed by atoms with E-state index in [0.717, 1.165) is 53.6 Å². The van der Waals surface area contributed by atoms with E-state index >= 15 is 0 Å². The van der Waals surface area contributed by atoms with E-state index in [4.69, 9.17) is 16.3 Å². The Morgan fingerprint density at radius 1 is 1.09 bits per heavy atom. The summed E-state index contributed by atoms with van der Waals surface area (Å²) in [7, 11) is 1.43. The van der Waals surface area contributed by atoms with E-state index in [0.29, 0.717) is 5.69 Å². The molecule has 6 nitrogen and oxygen atoms in total. The quantitative estimate of drug-likeness (QED) is 0.396. The maximum atomic E-state index is 13.9. The highest BCUT2D eigenvalue weighted by molar-refractivity contribution is 7.15. The zero-order chi connectivity index (χ0) is 23.4. The van der Waals surface area contributed by atoms with Crippen LogP contribution in [0.25, 0.3) is 10.4 Å². The molecule has 33 heavy (non-hydrogen) atoms. The lowest BCUT2D eigenvalue weighted by Gasteiger charge is -2.32. The van der Waals surface area contributed by atoms with Gasteiger partial charge in [-0.1, -0.05) is 43.0 Å². The molecule has 0 radical (unpaired) electrons. The molecule has 0 bridgehead atoms. The molecule has 4 rings (SSSR count). The summed E-state index contributed by atoms with van der Waals surface area (Å²) in [6.45, 7) is 0. The van der Waals surface area contributed by atoms with Crippen LogP contribution in [0.3, 0.4) is 0 Å². The predicted octanol–water partition coefficient (Wildman–Crippen LogP) is 6.62. The van der Waals surface area contributed by atoms with Crippen molar-refractivity contribution in [2.24, 2.45) is 0 Å². The first kappa shape index (κ1) is 23.2. The van der Waals surface area contributed by atoms with Crippen LogP contribution in [0.2, 0.25) is 5.02 Å². The van der Waals surface area contributed by atoms with Gasteiger partial charge in [-0.15, -0.1) is 11.3 Å². The molecular formula is C24H23ClFN3O3S. The van der Waals surface area contributed by atoms with Crippen molar-refractivity contribution in [3.8, 4) is 10.4 Å². The van der Waals surface area contributed by atoms with Crippen molar-refractivity contribution in [3.63, 3.8) is 0 Å². The molecule has 0 aliphatic heterocycles. The van der Waals surface area contributed by atoms with Gasteiger partial charge in [-0.3, -0.25) is 4.79 Å². The normalized spacial score (nSPS) is 15.0. The second kappa shape index (κ2) is 9.89. The molecule has 1 fully saturated rings. The molecule has 1 aromatic heterocycles. The van der Waals surface area contributed by atoms with Crippen LogP contribution >= 0.6 is 22.9 Å². The number of anilines is 2. The number of hydrogen-bond donors (Lipinski definition) is 2. The molecule has 2 N–H and O–H groups in total. The van der Waals surface area contributed by atoms with Crippen molar-refractivity contribution in [2.75, 3.05) is 17.7 Å². The van der Waals surface area contributed by atoms with Crippen LogP contribution in [-0.2, 0) is 14.9 Å². The first-order valence-corrected chi connectivity index (χ1v) is 11.8. The van der Waals surface area contributed by atoms with Crippen LogP contribution in [0.15, 0.2) is 48.7 Å². The predicted molar refractivity (Wildman–Crippen MR) is 128 cm³/mol. The number of carbonyl (C=O) groups is 2. The highest BCUT2D eigenvalue weighted by Crippen LogP contribution is 2.43. The number of thiazole rings is 1. The van der Waals surface area contributed by atoms with E-state index in [1.165, 1.54) is 30.6 Å². The van der Waals surface area contributed by atoms with Crippen LogP contribution in [0, 0.1) is 5.82 Å². The lowest BCUT2D eigenvalue weighted by atomic mass is 9.74. The molecule has 0 spiro atoms. The van der Waals surface area contributed by atoms with Crippen molar-refractivity contribution >= 4 is 46.3 Å². The number of hydrogen-bond acceptors (Lipinski definition) is 5. The molecular weight excluding hydrogens is 465 g/mol. The number of nitrogens with one attached hydrogen (secondary N) is 2. The summed E-state index contributed by atoms with van der Waals surface area (Å²) in [6.07, 6.45) is 6.35. The van der Waals surface area contributed by atoms with E-state index in [2.05, 4.69) is 15.6 Å². The summed E-state index contributed by atoms with van der Waals surface area (Å²) in [4.78, 5) is 30.3. The van der Waals surface area contributed by atoms with Gasteiger partial charge in [0, 0.05) is 16.9 Å². The maximum Gasteiger partial charge on any atom is 0.323 e. The van der Waals surface area contributed by atoms with Crippen LogP contribution in [0.4, 0.5) is 20.6 Å². The number of methoxy groups -OCH3 is 1. The average Bonchev–Trinajstić information content (AvgIpc) is 3.32. The number of nitrogens with zero attached hydrogens (tertiary/aromatic N) is 1. The molecule has 3 aromatic rings. The van der Waals surface area contributed by atoms with E-state index in [-0.39, 0.29) is 16.7 Å². The van der Waals surface area contributed by atoms with Crippen molar-refractivity contribution in [1.29, 1.82) is 0 Å². The lowest BCUT2D eigenvalue weighted by Crippen LogP contribution is -2.38. The standard InChI is InChI=1S/C24H23ClFN3O3S/c1-32-22(30)24(11-3-2-4-12-24)21-27-14-20(33-21)15-5-8-17(9-6-15)28-23(31)29-19-10-7-16(25)13-18(19)26/h5-10,13-14H,2-4,11-12H2,1H3,(H2,28,29,31). The van der Waals surface area contributed by atoms with Gasteiger partial charge in [0.05, 0.1) is 17.7 Å². The number of benzene rings is 2. The Kier molecular flexibility index (Phi) is 6.95. The largest absolute Gasteiger partial charge is 0.468 e. The van der Waals surface area contributed by atoms with E-state index in [9.17, 15) is 14.0 Å². The van der Waals surface area contributed by atoms with Gasteiger partial charge in [0.2, 0.25) is 0 Å². The topological polar surface area (TPSA) is 80.3 Å². The summed E-state index contributed by atoms with van der Waals surface area (Å²) < 4.78 is 19.0. The molecule has 1 aliphatic rings. The van der Waals surface area contributed by atoms with E-state index in [1.54, 1.807) is 18.3 Å². The van der Waals surface area contributed by atoms with Gasteiger partial charge in [-0.2, -0.15) is 0 Å².